The van der Waals surface area contributed by atoms with Crippen LogP contribution in [0.2, 0.25) is 0 Å². The predicted molar refractivity (Wildman–Crippen MR) is 195 cm³/mol. The number of para-hydroxylation sites is 2. The van der Waals surface area contributed by atoms with E-state index >= 15 is 0 Å². The Bertz CT molecular complexity index is 1950. The highest BCUT2D eigenvalue weighted by molar-refractivity contribution is 6.21. The number of pyridine rings is 2. The van der Waals surface area contributed by atoms with E-state index in [4.69, 9.17) is 5.21 Å². The summed E-state index contributed by atoms with van der Waals surface area (Å²) in [7, 11) is 0. The second-order valence-corrected chi connectivity index (χ2v) is 14.3. The smallest absolute Gasteiger partial charge is 0.244 e. The molecule has 0 bridgehead atoms. The van der Waals surface area contributed by atoms with Crippen molar-refractivity contribution in [3.63, 3.8) is 0 Å². The second kappa shape index (κ2) is 14.4. The van der Waals surface area contributed by atoms with Crippen LogP contribution in [0.3, 0.4) is 0 Å². The third kappa shape index (κ3) is 8.12. The van der Waals surface area contributed by atoms with Crippen molar-refractivity contribution in [2.45, 2.75) is 59.3 Å². The first kappa shape index (κ1) is 35.6. The molecule has 3 aromatic carbocycles. The summed E-state index contributed by atoms with van der Waals surface area (Å²) in [4.78, 5) is 62.3. The van der Waals surface area contributed by atoms with E-state index in [-0.39, 0.29) is 18.7 Å². The fraction of sp³-hybridized carbons (Fsp3) is 0.282. The van der Waals surface area contributed by atoms with Crippen molar-refractivity contribution in [3.05, 3.63) is 103 Å². The molecule has 0 spiro atoms. The van der Waals surface area contributed by atoms with Crippen LogP contribution in [0.5, 0.6) is 0 Å². The topological polar surface area (TPSA) is 162 Å². The Labute approximate surface area is 290 Å². The van der Waals surface area contributed by atoms with Crippen molar-refractivity contribution < 1.29 is 24.4 Å². The summed E-state index contributed by atoms with van der Waals surface area (Å²) in [6, 6.07) is 24.9. The number of benzene rings is 3. The number of carbonyl (C=O) groups is 4. The molecule has 2 aromatic heterocycles. The van der Waals surface area contributed by atoms with E-state index in [1.165, 1.54) is 0 Å². The molecule has 0 saturated carbocycles. The van der Waals surface area contributed by atoms with Crippen LogP contribution < -0.4 is 21.4 Å². The first-order valence-corrected chi connectivity index (χ1v) is 16.3. The van der Waals surface area contributed by atoms with Crippen LogP contribution in [0.15, 0.2) is 97.3 Å². The van der Waals surface area contributed by atoms with Crippen LogP contribution >= 0.6 is 0 Å². The Kier molecular flexibility index (Phi) is 10.3. The average Bonchev–Trinajstić information content (AvgIpc) is 3.07. The minimum absolute atomic E-state index is 0.115. The van der Waals surface area contributed by atoms with E-state index in [9.17, 15) is 19.2 Å². The van der Waals surface area contributed by atoms with Crippen LogP contribution in [0.1, 0.15) is 59.4 Å². The molecule has 0 aliphatic carbocycles. The van der Waals surface area contributed by atoms with Crippen LogP contribution in [0, 0.1) is 10.8 Å². The van der Waals surface area contributed by atoms with Gasteiger partial charge in [0, 0.05) is 41.7 Å². The lowest BCUT2D eigenvalue weighted by atomic mass is 9.71. The molecule has 0 unspecified atom stereocenters. The van der Waals surface area contributed by atoms with Crippen molar-refractivity contribution in [2.24, 2.45) is 10.8 Å². The number of aromatic nitrogens is 2. The lowest BCUT2D eigenvalue weighted by Crippen LogP contribution is -2.47. The number of nitrogens with zero attached hydrogens (tertiary/aromatic N) is 2. The van der Waals surface area contributed by atoms with Crippen LogP contribution in [-0.4, -0.2) is 38.8 Å². The Morgan fingerprint density at radius 1 is 0.600 bits per heavy atom. The lowest BCUT2D eigenvalue weighted by Gasteiger charge is -2.34. The summed E-state index contributed by atoms with van der Waals surface area (Å²) in [5, 5.41) is 19.4. The summed E-state index contributed by atoms with van der Waals surface area (Å²) in [5.74, 6) is -1.85. The second-order valence-electron chi connectivity index (χ2n) is 14.3. The molecule has 11 nitrogen and oxygen atoms in total. The van der Waals surface area contributed by atoms with Crippen molar-refractivity contribution in [1.82, 2.24) is 15.4 Å². The van der Waals surface area contributed by atoms with Gasteiger partial charge < -0.3 is 16.0 Å². The van der Waals surface area contributed by atoms with Gasteiger partial charge in [-0.05, 0) is 66.1 Å². The Balaban J connectivity index is 1.40. The first-order valence-electron chi connectivity index (χ1n) is 16.3. The van der Waals surface area contributed by atoms with E-state index in [0.717, 1.165) is 10.8 Å². The minimum Gasteiger partial charge on any atom is -0.326 e. The first-order chi connectivity index (χ1) is 23.7. The van der Waals surface area contributed by atoms with Crippen molar-refractivity contribution in [2.75, 3.05) is 16.0 Å². The highest BCUT2D eigenvalue weighted by Crippen LogP contribution is 2.39. The Morgan fingerprint density at radius 2 is 1.06 bits per heavy atom. The van der Waals surface area contributed by atoms with Crippen LogP contribution in [-0.2, 0) is 24.6 Å². The molecule has 0 aliphatic heterocycles. The quantitative estimate of drug-likeness (QED) is 0.0541. The normalized spacial score (nSPS) is 12.0. The largest absolute Gasteiger partial charge is 0.326 e. The fourth-order valence-electron chi connectivity index (χ4n) is 6.69. The van der Waals surface area contributed by atoms with E-state index in [0.29, 0.717) is 40.1 Å². The van der Waals surface area contributed by atoms with Gasteiger partial charge in [0.25, 0.3) is 0 Å². The molecule has 0 aliphatic rings. The number of amides is 4. The van der Waals surface area contributed by atoms with E-state index in [2.05, 4.69) is 25.9 Å². The third-order valence-corrected chi connectivity index (χ3v) is 8.78. The molecule has 4 amide bonds. The van der Waals surface area contributed by atoms with Gasteiger partial charge in [-0.3, -0.25) is 34.4 Å². The zero-order valence-corrected chi connectivity index (χ0v) is 28.8. The monoisotopic (exact) mass is 674 g/mol. The molecule has 11 heteroatoms. The third-order valence-electron chi connectivity index (χ3n) is 8.78. The molecule has 0 atom stereocenters. The summed E-state index contributed by atoms with van der Waals surface area (Å²) < 4.78 is 0. The molecule has 5 N–H and O–H groups in total. The van der Waals surface area contributed by atoms with E-state index in [1.54, 1.807) is 61.2 Å². The maximum atomic E-state index is 14.3. The zero-order valence-electron chi connectivity index (χ0n) is 28.8. The molecule has 50 heavy (non-hydrogen) atoms. The van der Waals surface area contributed by atoms with Gasteiger partial charge in [0.15, 0.2) is 5.41 Å². The molecular formula is C39H42N6O5. The van der Waals surface area contributed by atoms with Gasteiger partial charge in [0.05, 0.1) is 22.4 Å². The van der Waals surface area contributed by atoms with Crippen LogP contribution in [0.4, 0.5) is 17.1 Å². The lowest BCUT2D eigenvalue weighted by molar-refractivity contribution is -0.132. The van der Waals surface area contributed by atoms with Gasteiger partial charge in [-0.25, -0.2) is 5.48 Å². The van der Waals surface area contributed by atoms with Gasteiger partial charge >= 0.3 is 0 Å². The maximum absolute atomic E-state index is 14.3. The molecule has 2 heterocycles. The van der Waals surface area contributed by atoms with Gasteiger partial charge in [0.2, 0.25) is 23.6 Å². The number of hydrogen-bond acceptors (Lipinski definition) is 7. The predicted octanol–water partition coefficient (Wildman–Crippen LogP) is 6.98. The molecular weight excluding hydrogens is 632 g/mol. The number of anilines is 3. The molecule has 5 rings (SSSR count). The molecule has 0 saturated heterocycles. The van der Waals surface area contributed by atoms with E-state index in [1.807, 2.05) is 76.2 Å². The number of rotatable bonds is 12. The van der Waals surface area contributed by atoms with Gasteiger partial charge in [-0.2, -0.15) is 0 Å². The van der Waals surface area contributed by atoms with E-state index < -0.39 is 34.0 Å². The van der Waals surface area contributed by atoms with Crippen molar-refractivity contribution in [1.29, 1.82) is 0 Å². The summed E-state index contributed by atoms with van der Waals surface area (Å²) in [6.45, 7) is 9.29. The summed E-state index contributed by atoms with van der Waals surface area (Å²) in [6.07, 6.45) is 4.13. The summed E-state index contributed by atoms with van der Waals surface area (Å²) >= 11 is 0. The fourth-order valence-corrected chi connectivity index (χ4v) is 6.69. The van der Waals surface area contributed by atoms with Crippen molar-refractivity contribution >= 4 is 62.5 Å². The molecule has 0 radical (unpaired) electrons. The number of nitrogens with one attached hydrogen (secondary N) is 4. The molecule has 5 aromatic rings. The van der Waals surface area contributed by atoms with Crippen molar-refractivity contribution in [3.8, 4) is 0 Å². The average molecular weight is 675 g/mol. The number of fused-ring (bicyclic) bond motifs is 2. The molecule has 258 valence electrons. The molecule has 0 fully saturated rings. The van der Waals surface area contributed by atoms with Gasteiger partial charge in [-0.15, -0.1) is 0 Å². The van der Waals surface area contributed by atoms with Gasteiger partial charge in [-0.1, -0.05) is 76.2 Å². The zero-order chi connectivity index (χ0) is 36.1. The highest BCUT2D eigenvalue weighted by atomic mass is 16.5. The highest BCUT2D eigenvalue weighted by Gasteiger charge is 2.43. The number of carbonyl (C=O) groups excluding carboxylic acids is 4. The standard InChI is InChI=1S/C39H42N6O5/c1-37(2,24-38(3,4)23-32(47)45-50)22-31(46)42-28-18-16-27(17-19-28)39(5,35(48)43-29-14-6-10-25-12-8-20-40-33(25)29)36(49)44-30-15-7-11-26-13-9-21-41-34(26)30/h6-21,50H,22-24H2,1-5H3,(H,42,46)(H,43,48)(H,44,49)(H,45,47). The number of hydroxylamine groups is 1. The number of hydrogen-bond donors (Lipinski definition) is 5. The summed E-state index contributed by atoms with van der Waals surface area (Å²) in [5.41, 5.74) is 2.03. The van der Waals surface area contributed by atoms with Crippen LogP contribution in [0.25, 0.3) is 21.8 Å². The maximum Gasteiger partial charge on any atom is 0.244 e. The Morgan fingerprint density at radius 3 is 1.54 bits per heavy atom. The van der Waals surface area contributed by atoms with Gasteiger partial charge in [0.1, 0.15) is 0 Å². The Hall–Kier alpha value is -5.68. The SMILES string of the molecule is CC(C)(CC(=O)NO)CC(C)(C)CC(=O)Nc1ccc(C(C)(C(=O)Nc2cccc3cccnc23)C(=O)Nc2cccc3cccnc23)cc1. The minimum atomic E-state index is -1.73.